The van der Waals surface area contributed by atoms with Crippen LogP contribution in [0.3, 0.4) is 0 Å². The van der Waals surface area contributed by atoms with Crippen molar-refractivity contribution in [3.63, 3.8) is 0 Å². The van der Waals surface area contributed by atoms with Crippen molar-refractivity contribution in [2.45, 2.75) is 24.8 Å². The van der Waals surface area contributed by atoms with Crippen molar-refractivity contribution < 1.29 is 0 Å². The number of aryl methyl sites for hydroxylation is 1. The fraction of sp³-hybridized carbons (Fsp3) is 0.200. The summed E-state index contributed by atoms with van der Waals surface area (Å²) < 4.78 is 0. The molecule has 0 fully saturated rings. The molecule has 1 heteroatoms. The Labute approximate surface area is 125 Å². The summed E-state index contributed by atoms with van der Waals surface area (Å²) in [6.07, 6.45) is 3.04. The predicted octanol–water partition coefficient (Wildman–Crippen LogP) is 4.18. The smallest absolute Gasteiger partial charge is 0.0456 e. The summed E-state index contributed by atoms with van der Waals surface area (Å²) in [6, 6.07) is 23.7. The highest BCUT2D eigenvalue weighted by molar-refractivity contribution is 5.85. The Morgan fingerprint density at radius 2 is 1.62 bits per heavy atom. The molecule has 1 aliphatic carbocycles. The van der Waals surface area contributed by atoms with E-state index in [4.69, 9.17) is 5.73 Å². The molecule has 1 aliphatic rings. The van der Waals surface area contributed by atoms with Crippen LogP contribution in [0.25, 0.3) is 10.8 Å². The molecule has 0 saturated heterocycles. The van der Waals surface area contributed by atoms with E-state index in [-0.39, 0.29) is 5.54 Å². The zero-order valence-corrected chi connectivity index (χ0v) is 12.0. The van der Waals surface area contributed by atoms with E-state index < -0.39 is 0 Å². The fourth-order valence-electron chi connectivity index (χ4n) is 3.69. The zero-order valence-electron chi connectivity index (χ0n) is 12.0. The van der Waals surface area contributed by atoms with Gasteiger partial charge in [-0.05, 0) is 46.7 Å². The zero-order chi connectivity index (χ0) is 14.3. The Kier molecular flexibility index (Phi) is 2.83. The molecule has 104 valence electrons. The van der Waals surface area contributed by atoms with E-state index in [1.165, 1.54) is 27.5 Å². The van der Waals surface area contributed by atoms with E-state index >= 15 is 0 Å². The summed E-state index contributed by atoms with van der Waals surface area (Å²) in [5, 5.41) is 2.62. The lowest BCUT2D eigenvalue weighted by Crippen LogP contribution is -2.36. The van der Waals surface area contributed by atoms with Crippen molar-refractivity contribution >= 4 is 10.8 Å². The van der Waals surface area contributed by atoms with Gasteiger partial charge in [0.25, 0.3) is 0 Å². The van der Waals surface area contributed by atoms with Gasteiger partial charge in [-0.3, -0.25) is 0 Å². The summed E-state index contributed by atoms with van der Waals surface area (Å²) in [5.74, 6) is 0. The van der Waals surface area contributed by atoms with Crippen molar-refractivity contribution in [2.75, 3.05) is 0 Å². The second kappa shape index (κ2) is 4.71. The van der Waals surface area contributed by atoms with Gasteiger partial charge in [0.05, 0.1) is 0 Å². The van der Waals surface area contributed by atoms with Gasteiger partial charge in [-0.2, -0.15) is 0 Å². The summed E-state index contributed by atoms with van der Waals surface area (Å²) in [7, 11) is 0. The molecule has 3 aromatic carbocycles. The van der Waals surface area contributed by atoms with E-state index in [2.05, 4.69) is 66.7 Å². The molecule has 1 unspecified atom stereocenters. The first-order valence-corrected chi connectivity index (χ1v) is 7.60. The van der Waals surface area contributed by atoms with Gasteiger partial charge in [0.1, 0.15) is 0 Å². The predicted molar refractivity (Wildman–Crippen MR) is 88.3 cm³/mol. The molecule has 2 N–H and O–H groups in total. The van der Waals surface area contributed by atoms with Crippen LogP contribution in [0.1, 0.15) is 23.1 Å². The van der Waals surface area contributed by atoms with Crippen LogP contribution >= 0.6 is 0 Å². The molecule has 1 nitrogen and oxygen atoms in total. The third-order valence-corrected chi connectivity index (χ3v) is 4.78. The quantitative estimate of drug-likeness (QED) is 0.744. The van der Waals surface area contributed by atoms with Crippen LogP contribution in [0.2, 0.25) is 0 Å². The van der Waals surface area contributed by atoms with Crippen LogP contribution in [0.4, 0.5) is 0 Å². The standard InChI is InChI=1S/C20H19N/c21-20(13-12-16-7-2-4-11-19(16)20)14-17-9-5-8-15-6-1-3-10-18(15)17/h1-11H,12-14,21H2. The largest absolute Gasteiger partial charge is 0.321 e. The van der Waals surface area contributed by atoms with Crippen LogP contribution in [0.5, 0.6) is 0 Å². The van der Waals surface area contributed by atoms with Gasteiger partial charge < -0.3 is 5.73 Å². The third-order valence-electron chi connectivity index (χ3n) is 4.78. The highest BCUT2D eigenvalue weighted by atomic mass is 14.8. The number of fused-ring (bicyclic) bond motifs is 2. The minimum absolute atomic E-state index is 0.222. The van der Waals surface area contributed by atoms with Gasteiger partial charge in [-0.25, -0.2) is 0 Å². The Morgan fingerprint density at radius 1 is 0.857 bits per heavy atom. The minimum atomic E-state index is -0.222. The highest BCUT2D eigenvalue weighted by Crippen LogP contribution is 2.38. The second-order valence-electron chi connectivity index (χ2n) is 6.13. The van der Waals surface area contributed by atoms with E-state index in [9.17, 15) is 0 Å². The van der Waals surface area contributed by atoms with Crippen molar-refractivity contribution in [3.8, 4) is 0 Å². The van der Waals surface area contributed by atoms with E-state index in [0.717, 1.165) is 19.3 Å². The van der Waals surface area contributed by atoms with Gasteiger partial charge in [-0.15, -0.1) is 0 Å². The van der Waals surface area contributed by atoms with Crippen LogP contribution in [-0.4, -0.2) is 0 Å². The number of nitrogens with two attached hydrogens (primary N) is 1. The van der Waals surface area contributed by atoms with Crippen LogP contribution in [0.15, 0.2) is 66.7 Å². The molecular weight excluding hydrogens is 254 g/mol. The van der Waals surface area contributed by atoms with Crippen molar-refractivity contribution in [2.24, 2.45) is 5.73 Å². The monoisotopic (exact) mass is 273 g/mol. The van der Waals surface area contributed by atoms with Gasteiger partial charge in [-0.1, -0.05) is 66.7 Å². The minimum Gasteiger partial charge on any atom is -0.321 e. The molecule has 4 rings (SSSR count). The van der Waals surface area contributed by atoms with E-state index in [1.54, 1.807) is 0 Å². The second-order valence-corrected chi connectivity index (χ2v) is 6.13. The SMILES string of the molecule is NC1(Cc2cccc3ccccc23)CCc2ccccc21. The van der Waals surface area contributed by atoms with Gasteiger partial charge in [0.15, 0.2) is 0 Å². The maximum Gasteiger partial charge on any atom is 0.0456 e. The maximum absolute atomic E-state index is 6.79. The molecule has 0 radical (unpaired) electrons. The topological polar surface area (TPSA) is 26.0 Å². The number of benzene rings is 3. The van der Waals surface area contributed by atoms with Crippen LogP contribution in [0, 0.1) is 0 Å². The number of hydrogen-bond acceptors (Lipinski definition) is 1. The lowest BCUT2D eigenvalue weighted by atomic mass is 9.84. The normalized spacial score (nSPS) is 20.6. The van der Waals surface area contributed by atoms with Crippen molar-refractivity contribution in [1.29, 1.82) is 0 Å². The lowest BCUT2D eigenvalue weighted by Gasteiger charge is -2.26. The van der Waals surface area contributed by atoms with Crippen molar-refractivity contribution in [1.82, 2.24) is 0 Å². The number of rotatable bonds is 2. The molecule has 0 bridgehead atoms. The van der Waals surface area contributed by atoms with Crippen LogP contribution < -0.4 is 5.73 Å². The Bertz CT molecular complexity index is 800. The Morgan fingerprint density at radius 3 is 2.57 bits per heavy atom. The first-order chi connectivity index (χ1) is 10.3. The molecule has 0 aromatic heterocycles. The van der Waals surface area contributed by atoms with Crippen LogP contribution in [-0.2, 0) is 18.4 Å². The molecule has 0 amide bonds. The summed E-state index contributed by atoms with van der Waals surface area (Å²) in [5.41, 5.74) is 10.7. The number of hydrogen-bond donors (Lipinski definition) is 1. The third kappa shape index (κ3) is 2.05. The summed E-state index contributed by atoms with van der Waals surface area (Å²) in [4.78, 5) is 0. The highest BCUT2D eigenvalue weighted by Gasteiger charge is 2.34. The van der Waals surface area contributed by atoms with E-state index in [1.807, 2.05) is 0 Å². The molecule has 0 heterocycles. The molecule has 1 atom stereocenters. The average molecular weight is 273 g/mol. The lowest BCUT2D eigenvalue weighted by molar-refractivity contribution is 0.440. The average Bonchev–Trinajstić information content (AvgIpc) is 2.86. The molecule has 0 spiro atoms. The van der Waals surface area contributed by atoms with Crippen molar-refractivity contribution in [3.05, 3.63) is 83.4 Å². The summed E-state index contributed by atoms with van der Waals surface area (Å²) in [6.45, 7) is 0. The Balaban J connectivity index is 1.79. The summed E-state index contributed by atoms with van der Waals surface area (Å²) >= 11 is 0. The van der Waals surface area contributed by atoms with E-state index in [0.29, 0.717) is 0 Å². The van der Waals surface area contributed by atoms with Gasteiger partial charge >= 0.3 is 0 Å². The first kappa shape index (κ1) is 12.6. The van der Waals surface area contributed by atoms with Gasteiger partial charge in [0, 0.05) is 5.54 Å². The fourth-order valence-corrected chi connectivity index (χ4v) is 3.69. The molecule has 0 saturated carbocycles. The Hall–Kier alpha value is -2.12. The first-order valence-electron chi connectivity index (χ1n) is 7.60. The molecule has 0 aliphatic heterocycles. The maximum atomic E-state index is 6.79. The van der Waals surface area contributed by atoms with Gasteiger partial charge in [0.2, 0.25) is 0 Å². The molecule has 21 heavy (non-hydrogen) atoms. The molecular formula is C20H19N. The molecule has 3 aromatic rings.